The molecule has 0 aliphatic heterocycles. The van der Waals surface area contributed by atoms with Crippen molar-refractivity contribution in [3.05, 3.63) is 35.1 Å². The molecule has 1 unspecified atom stereocenters. The standard InChI is InChI=1S/C17H24F3N/c1-3-9-21-16(17(2)7-5-4-6-8-17)12-10-14(19)15(20)11-13(12)18/h10-11,16,21H,3-9H2,1-2H3. The van der Waals surface area contributed by atoms with Crippen molar-refractivity contribution in [2.75, 3.05) is 6.54 Å². The fraction of sp³-hybridized carbons (Fsp3) is 0.647. The van der Waals surface area contributed by atoms with Crippen LogP contribution in [0.5, 0.6) is 0 Å². The maximum atomic E-state index is 14.2. The van der Waals surface area contributed by atoms with E-state index in [9.17, 15) is 13.2 Å². The summed E-state index contributed by atoms with van der Waals surface area (Å²) in [7, 11) is 0. The molecule has 118 valence electrons. The number of halogens is 3. The van der Waals surface area contributed by atoms with Gasteiger partial charge in [-0.05, 0) is 37.3 Å². The van der Waals surface area contributed by atoms with E-state index in [0.717, 1.165) is 44.7 Å². The molecule has 0 heterocycles. The maximum absolute atomic E-state index is 14.2. The monoisotopic (exact) mass is 299 g/mol. The van der Waals surface area contributed by atoms with Gasteiger partial charge in [-0.2, -0.15) is 0 Å². The van der Waals surface area contributed by atoms with Gasteiger partial charge in [-0.25, -0.2) is 13.2 Å². The van der Waals surface area contributed by atoms with Gasteiger partial charge in [0.15, 0.2) is 11.6 Å². The first-order valence-corrected chi connectivity index (χ1v) is 7.86. The minimum absolute atomic E-state index is 0.113. The van der Waals surface area contributed by atoms with Crippen LogP contribution in [0.2, 0.25) is 0 Å². The van der Waals surface area contributed by atoms with E-state index in [4.69, 9.17) is 0 Å². The summed E-state index contributed by atoms with van der Waals surface area (Å²) in [5.41, 5.74) is 0.144. The minimum Gasteiger partial charge on any atom is -0.309 e. The zero-order valence-electron chi connectivity index (χ0n) is 12.8. The van der Waals surface area contributed by atoms with Crippen molar-refractivity contribution in [3.63, 3.8) is 0 Å². The second-order valence-corrected chi connectivity index (χ2v) is 6.39. The molecule has 1 fully saturated rings. The van der Waals surface area contributed by atoms with Gasteiger partial charge in [-0.1, -0.05) is 33.1 Å². The highest BCUT2D eigenvalue weighted by molar-refractivity contribution is 5.25. The van der Waals surface area contributed by atoms with Crippen LogP contribution in [0.3, 0.4) is 0 Å². The Morgan fingerprint density at radius 1 is 1.05 bits per heavy atom. The zero-order valence-corrected chi connectivity index (χ0v) is 12.8. The number of benzene rings is 1. The predicted molar refractivity (Wildman–Crippen MR) is 78.5 cm³/mol. The third kappa shape index (κ3) is 3.60. The molecule has 0 radical (unpaired) electrons. The maximum Gasteiger partial charge on any atom is 0.161 e. The normalized spacial score (nSPS) is 19.5. The molecule has 0 aromatic heterocycles. The Bertz CT molecular complexity index is 481. The van der Waals surface area contributed by atoms with Crippen LogP contribution in [0.4, 0.5) is 13.2 Å². The Morgan fingerprint density at radius 2 is 1.67 bits per heavy atom. The van der Waals surface area contributed by atoms with E-state index in [1.165, 1.54) is 6.42 Å². The predicted octanol–water partition coefficient (Wildman–Crippen LogP) is 5.12. The van der Waals surface area contributed by atoms with Crippen molar-refractivity contribution in [3.8, 4) is 0 Å². The lowest BCUT2D eigenvalue weighted by Crippen LogP contribution is -2.38. The SMILES string of the molecule is CCCNC(c1cc(F)c(F)cc1F)C1(C)CCCCC1. The Morgan fingerprint density at radius 3 is 2.29 bits per heavy atom. The first kappa shape index (κ1) is 16.3. The summed E-state index contributed by atoms with van der Waals surface area (Å²) in [4.78, 5) is 0. The van der Waals surface area contributed by atoms with Gasteiger partial charge in [0.05, 0.1) is 0 Å². The van der Waals surface area contributed by atoms with Crippen LogP contribution < -0.4 is 5.32 Å². The summed E-state index contributed by atoms with van der Waals surface area (Å²) >= 11 is 0. The van der Waals surface area contributed by atoms with Crippen LogP contribution >= 0.6 is 0 Å². The molecule has 1 N–H and O–H groups in total. The van der Waals surface area contributed by atoms with E-state index >= 15 is 0 Å². The van der Waals surface area contributed by atoms with Gasteiger partial charge >= 0.3 is 0 Å². The smallest absolute Gasteiger partial charge is 0.161 e. The highest BCUT2D eigenvalue weighted by Gasteiger charge is 2.37. The Kier molecular flexibility index (Phi) is 5.31. The van der Waals surface area contributed by atoms with Crippen molar-refractivity contribution >= 4 is 0 Å². The van der Waals surface area contributed by atoms with Gasteiger partial charge in [0, 0.05) is 17.7 Å². The third-order valence-corrected chi connectivity index (χ3v) is 4.64. The van der Waals surface area contributed by atoms with Gasteiger partial charge in [-0.3, -0.25) is 0 Å². The van der Waals surface area contributed by atoms with Gasteiger partial charge in [0.1, 0.15) is 5.82 Å². The van der Waals surface area contributed by atoms with Crippen LogP contribution in [-0.2, 0) is 0 Å². The molecule has 1 nitrogen and oxygen atoms in total. The summed E-state index contributed by atoms with van der Waals surface area (Å²) in [6, 6.07) is 1.42. The summed E-state index contributed by atoms with van der Waals surface area (Å²) < 4.78 is 40.9. The lowest BCUT2D eigenvalue weighted by Gasteiger charge is -2.41. The van der Waals surface area contributed by atoms with Gasteiger partial charge in [-0.15, -0.1) is 0 Å². The van der Waals surface area contributed by atoms with Gasteiger partial charge in [0.25, 0.3) is 0 Å². The van der Waals surface area contributed by atoms with Crippen molar-refractivity contribution in [1.29, 1.82) is 0 Å². The zero-order chi connectivity index (χ0) is 15.5. The molecule has 1 saturated carbocycles. The molecular formula is C17H24F3N. The lowest BCUT2D eigenvalue weighted by atomic mass is 9.68. The average Bonchev–Trinajstić information content (AvgIpc) is 2.45. The Labute approximate surface area is 124 Å². The van der Waals surface area contributed by atoms with Crippen LogP contribution in [-0.4, -0.2) is 6.54 Å². The van der Waals surface area contributed by atoms with Crippen LogP contribution in [0.25, 0.3) is 0 Å². The van der Waals surface area contributed by atoms with E-state index in [0.29, 0.717) is 6.07 Å². The number of nitrogens with one attached hydrogen (secondary N) is 1. The molecule has 1 atom stereocenters. The fourth-order valence-corrected chi connectivity index (χ4v) is 3.43. The highest BCUT2D eigenvalue weighted by Crippen LogP contribution is 2.46. The molecule has 1 aromatic rings. The average molecular weight is 299 g/mol. The third-order valence-electron chi connectivity index (χ3n) is 4.64. The molecule has 1 aromatic carbocycles. The molecule has 4 heteroatoms. The van der Waals surface area contributed by atoms with Crippen molar-refractivity contribution in [2.45, 2.75) is 58.4 Å². The van der Waals surface area contributed by atoms with E-state index in [-0.39, 0.29) is 17.0 Å². The number of hydrogen-bond acceptors (Lipinski definition) is 1. The van der Waals surface area contributed by atoms with E-state index in [1.807, 2.05) is 6.92 Å². The molecule has 1 aliphatic rings. The van der Waals surface area contributed by atoms with Gasteiger partial charge < -0.3 is 5.32 Å². The second kappa shape index (κ2) is 6.82. The minimum atomic E-state index is -1.13. The molecule has 1 aliphatic carbocycles. The van der Waals surface area contributed by atoms with Crippen molar-refractivity contribution in [1.82, 2.24) is 5.32 Å². The lowest BCUT2D eigenvalue weighted by molar-refractivity contribution is 0.141. The summed E-state index contributed by atoms with van der Waals surface area (Å²) in [6.45, 7) is 4.90. The first-order valence-electron chi connectivity index (χ1n) is 7.86. The fourth-order valence-electron chi connectivity index (χ4n) is 3.43. The van der Waals surface area contributed by atoms with Crippen LogP contribution in [0.15, 0.2) is 12.1 Å². The van der Waals surface area contributed by atoms with Crippen molar-refractivity contribution < 1.29 is 13.2 Å². The van der Waals surface area contributed by atoms with E-state index in [2.05, 4.69) is 12.2 Å². The largest absolute Gasteiger partial charge is 0.309 e. The van der Waals surface area contributed by atoms with E-state index < -0.39 is 17.5 Å². The molecule has 0 spiro atoms. The Balaban J connectivity index is 2.37. The molecule has 0 saturated heterocycles. The molecule has 0 amide bonds. The molecular weight excluding hydrogens is 275 g/mol. The molecule has 2 rings (SSSR count). The first-order chi connectivity index (χ1) is 9.98. The summed E-state index contributed by atoms with van der Waals surface area (Å²) in [5.74, 6) is -2.76. The molecule has 21 heavy (non-hydrogen) atoms. The summed E-state index contributed by atoms with van der Waals surface area (Å²) in [5, 5.41) is 3.35. The van der Waals surface area contributed by atoms with E-state index in [1.54, 1.807) is 0 Å². The number of hydrogen-bond donors (Lipinski definition) is 1. The van der Waals surface area contributed by atoms with Crippen LogP contribution in [0, 0.1) is 22.9 Å². The van der Waals surface area contributed by atoms with Crippen LogP contribution in [0.1, 0.15) is 64.0 Å². The van der Waals surface area contributed by atoms with Gasteiger partial charge in [0.2, 0.25) is 0 Å². The molecule has 0 bridgehead atoms. The topological polar surface area (TPSA) is 12.0 Å². The summed E-state index contributed by atoms with van der Waals surface area (Å²) in [6.07, 6.45) is 6.27. The quantitative estimate of drug-likeness (QED) is 0.745. The second-order valence-electron chi connectivity index (χ2n) is 6.39. The highest BCUT2D eigenvalue weighted by atomic mass is 19.2. The number of rotatable bonds is 5. The van der Waals surface area contributed by atoms with Crippen molar-refractivity contribution in [2.24, 2.45) is 5.41 Å². The Hall–Kier alpha value is -1.03.